The molecule has 0 spiro atoms. The molecular formula is C8H14N4O. The first kappa shape index (κ1) is 9.73. The molecule has 1 heterocycles. The minimum atomic E-state index is 0.551. The molecule has 0 saturated heterocycles. The van der Waals surface area contributed by atoms with Gasteiger partial charge in [0, 0.05) is 12.0 Å². The zero-order valence-corrected chi connectivity index (χ0v) is 7.83. The topological polar surface area (TPSA) is 73.3 Å². The molecule has 0 atom stereocenters. The average molecular weight is 182 g/mol. The van der Waals surface area contributed by atoms with Crippen molar-refractivity contribution in [3.63, 3.8) is 0 Å². The van der Waals surface area contributed by atoms with Gasteiger partial charge in [-0.15, -0.1) is 0 Å². The Morgan fingerprint density at radius 3 is 3.00 bits per heavy atom. The Kier molecular flexibility index (Phi) is 3.45. The highest BCUT2D eigenvalue weighted by Gasteiger charge is 2.00. The number of H-pyrrole nitrogens is 1. The number of nitrogens with one attached hydrogen (secondary N) is 2. The van der Waals surface area contributed by atoms with Gasteiger partial charge >= 0.3 is 0 Å². The van der Waals surface area contributed by atoms with E-state index in [0.717, 1.165) is 18.4 Å². The van der Waals surface area contributed by atoms with E-state index in [1.807, 2.05) is 13.8 Å². The van der Waals surface area contributed by atoms with Crippen molar-refractivity contribution in [2.24, 2.45) is 4.99 Å². The molecular weight excluding hydrogens is 168 g/mol. The third-order valence-corrected chi connectivity index (χ3v) is 1.66. The first-order chi connectivity index (χ1) is 6.27. The van der Waals surface area contributed by atoms with Crippen LogP contribution in [-0.2, 0) is 0 Å². The van der Waals surface area contributed by atoms with Crippen LogP contribution >= 0.6 is 0 Å². The fraction of sp³-hybridized carbons (Fsp3) is 0.500. The van der Waals surface area contributed by atoms with Crippen LogP contribution in [0.15, 0.2) is 11.2 Å². The Morgan fingerprint density at radius 2 is 2.54 bits per heavy atom. The van der Waals surface area contributed by atoms with Gasteiger partial charge in [0.25, 0.3) is 0 Å². The number of amidine groups is 1. The molecule has 5 nitrogen and oxygen atoms in total. The van der Waals surface area contributed by atoms with E-state index in [1.54, 1.807) is 6.20 Å². The number of hydrogen-bond acceptors (Lipinski definition) is 3. The lowest BCUT2D eigenvalue weighted by molar-refractivity contribution is 0.231. The number of rotatable bonds is 3. The van der Waals surface area contributed by atoms with E-state index in [4.69, 9.17) is 5.21 Å². The van der Waals surface area contributed by atoms with Gasteiger partial charge in [-0.2, -0.15) is 5.10 Å². The molecule has 0 radical (unpaired) electrons. The first-order valence-corrected chi connectivity index (χ1v) is 4.25. The summed E-state index contributed by atoms with van der Waals surface area (Å²) in [5.74, 6) is 1.24. The molecule has 5 heteroatoms. The lowest BCUT2D eigenvalue weighted by atomic mass is 10.3. The van der Waals surface area contributed by atoms with E-state index in [9.17, 15) is 0 Å². The third kappa shape index (κ3) is 2.55. The average Bonchev–Trinajstić information content (AvgIpc) is 2.51. The molecule has 1 aromatic rings. The van der Waals surface area contributed by atoms with E-state index >= 15 is 0 Å². The van der Waals surface area contributed by atoms with Crippen molar-refractivity contribution < 1.29 is 5.21 Å². The molecule has 72 valence electrons. The van der Waals surface area contributed by atoms with Crippen LogP contribution in [0.1, 0.15) is 25.3 Å². The van der Waals surface area contributed by atoms with E-state index in [2.05, 4.69) is 20.7 Å². The number of aliphatic imine (C=N–C) groups is 1. The van der Waals surface area contributed by atoms with Gasteiger partial charge in [-0.25, -0.2) is 4.99 Å². The molecule has 0 aromatic carbocycles. The second-order valence-electron chi connectivity index (χ2n) is 2.82. The highest BCUT2D eigenvalue weighted by molar-refractivity contribution is 5.83. The zero-order chi connectivity index (χ0) is 9.68. The molecule has 1 rings (SSSR count). The maximum absolute atomic E-state index is 8.73. The summed E-state index contributed by atoms with van der Waals surface area (Å²) < 4.78 is 0. The Balaban J connectivity index is 2.78. The van der Waals surface area contributed by atoms with Crippen LogP contribution in [0.25, 0.3) is 0 Å². The fourth-order valence-electron chi connectivity index (χ4n) is 0.961. The van der Waals surface area contributed by atoms with Crippen LogP contribution in [0.2, 0.25) is 0 Å². The van der Waals surface area contributed by atoms with Crippen molar-refractivity contribution in [3.8, 4) is 0 Å². The van der Waals surface area contributed by atoms with Crippen molar-refractivity contribution in [2.75, 3.05) is 0 Å². The maximum Gasteiger partial charge on any atom is 0.152 e. The van der Waals surface area contributed by atoms with Gasteiger partial charge in [-0.3, -0.25) is 15.8 Å². The predicted octanol–water partition coefficient (Wildman–Crippen LogP) is 1.53. The van der Waals surface area contributed by atoms with Crippen LogP contribution in [0.4, 0.5) is 5.82 Å². The van der Waals surface area contributed by atoms with Crippen LogP contribution in [0, 0.1) is 6.92 Å². The number of hydroxylamine groups is 1. The van der Waals surface area contributed by atoms with E-state index in [-0.39, 0.29) is 0 Å². The number of aromatic amines is 1. The number of hydrogen-bond donors (Lipinski definition) is 3. The van der Waals surface area contributed by atoms with Crippen LogP contribution in [0.3, 0.4) is 0 Å². The predicted molar refractivity (Wildman–Crippen MR) is 50.2 cm³/mol. The summed E-state index contributed by atoms with van der Waals surface area (Å²) in [7, 11) is 0. The summed E-state index contributed by atoms with van der Waals surface area (Å²) in [6.07, 6.45) is 3.34. The van der Waals surface area contributed by atoms with Gasteiger partial charge in [-0.05, 0) is 13.3 Å². The number of aryl methyl sites for hydroxylation is 1. The summed E-state index contributed by atoms with van der Waals surface area (Å²) in [6.45, 7) is 3.93. The quantitative estimate of drug-likeness (QED) is 0.377. The molecule has 13 heavy (non-hydrogen) atoms. The van der Waals surface area contributed by atoms with Crippen molar-refractivity contribution in [1.29, 1.82) is 0 Å². The van der Waals surface area contributed by atoms with Crippen LogP contribution in [-0.4, -0.2) is 21.2 Å². The molecule has 0 bridgehead atoms. The minimum absolute atomic E-state index is 0.551. The van der Waals surface area contributed by atoms with Gasteiger partial charge in [0.2, 0.25) is 0 Å². The van der Waals surface area contributed by atoms with Crippen molar-refractivity contribution in [2.45, 2.75) is 26.7 Å². The molecule has 0 unspecified atom stereocenters. The Bertz CT molecular complexity index is 292. The second-order valence-corrected chi connectivity index (χ2v) is 2.82. The summed E-state index contributed by atoms with van der Waals surface area (Å²) in [6, 6.07) is 0. The first-order valence-electron chi connectivity index (χ1n) is 4.25. The Labute approximate surface area is 76.8 Å². The van der Waals surface area contributed by atoms with Gasteiger partial charge < -0.3 is 0 Å². The van der Waals surface area contributed by atoms with Crippen molar-refractivity contribution >= 4 is 11.7 Å². The standard InChI is InChI=1S/C8H14N4O/c1-3-4-7(12-13)10-8-6(2)5-9-11-8/h5,13H,3-4H2,1-2H3,(H2,9,10,11,12). The van der Waals surface area contributed by atoms with E-state index < -0.39 is 0 Å². The monoisotopic (exact) mass is 182 g/mol. The fourth-order valence-corrected chi connectivity index (χ4v) is 0.961. The van der Waals surface area contributed by atoms with Crippen molar-refractivity contribution in [3.05, 3.63) is 11.8 Å². The highest BCUT2D eigenvalue weighted by Crippen LogP contribution is 2.13. The highest BCUT2D eigenvalue weighted by atomic mass is 16.5. The Morgan fingerprint density at radius 1 is 1.77 bits per heavy atom. The van der Waals surface area contributed by atoms with Crippen LogP contribution in [0.5, 0.6) is 0 Å². The molecule has 0 fully saturated rings. The molecule has 0 aliphatic heterocycles. The maximum atomic E-state index is 8.73. The number of aromatic nitrogens is 2. The Hall–Kier alpha value is -1.36. The van der Waals surface area contributed by atoms with Gasteiger partial charge in [-0.1, -0.05) is 6.92 Å². The third-order valence-electron chi connectivity index (χ3n) is 1.66. The SMILES string of the molecule is CCC/C(=N/c1[nH]ncc1C)NO. The molecule has 0 aliphatic rings. The summed E-state index contributed by atoms with van der Waals surface area (Å²) >= 11 is 0. The zero-order valence-electron chi connectivity index (χ0n) is 7.83. The van der Waals surface area contributed by atoms with E-state index in [0.29, 0.717) is 11.7 Å². The van der Waals surface area contributed by atoms with Gasteiger partial charge in [0.15, 0.2) is 5.82 Å². The van der Waals surface area contributed by atoms with E-state index in [1.165, 1.54) is 0 Å². The van der Waals surface area contributed by atoms with Crippen molar-refractivity contribution in [1.82, 2.24) is 15.7 Å². The lowest BCUT2D eigenvalue weighted by Crippen LogP contribution is -2.18. The summed E-state index contributed by atoms with van der Waals surface area (Å²) in [5, 5.41) is 15.3. The van der Waals surface area contributed by atoms with Gasteiger partial charge in [0.1, 0.15) is 5.84 Å². The molecule has 3 N–H and O–H groups in total. The summed E-state index contributed by atoms with van der Waals surface area (Å²) in [4.78, 5) is 4.16. The van der Waals surface area contributed by atoms with Crippen LogP contribution < -0.4 is 5.48 Å². The molecule has 0 amide bonds. The largest absolute Gasteiger partial charge is 0.290 e. The number of nitrogens with zero attached hydrogens (tertiary/aromatic N) is 2. The normalized spacial score (nSPS) is 11.8. The summed E-state index contributed by atoms with van der Waals surface area (Å²) in [5.41, 5.74) is 3.03. The van der Waals surface area contributed by atoms with Gasteiger partial charge in [0.05, 0.1) is 6.20 Å². The second kappa shape index (κ2) is 4.61. The molecule has 0 saturated carbocycles. The minimum Gasteiger partial charge on any atom is -0.290 e. The molecule has 0 aliphatic carbocycles. The smallest absolute Gasteiger partial charge is 0.152 e. The lowest BCUT2D eigenvalue weighted by Gasteiger charge is -2.01. The molecule has 1 aromatic heterocycles.